The largest absolute Gasteiger partial charge is 0.295 e. The molecule has 0 aliphatic rings. The van der Waals surface area contributed by atoms with Gasteiger partial charge in [-0.15, -0.1) is 11.6 Å². The van der Waals surface area contributed by atoms with E-state index in [9.17, 15) is 0 Å². The lowest BCUT2D eigenvalue weighted by Gasteiger charge is -2.09. The molecule has 1 aromatic heterocycles. The third kappa shape index (κ3) is 2.19. The van der Waals surface area contributed by atoms with Crippen LogP contribution in [0, 0.1) is 0 Å². The summed E-state index contributed by atoms with van der Waals surface area (Å²) in [4.78, 5) is 4.56. The molecule has 20 heavy (non-hydrogen) atoms. The lowest BCUT2D eigenvalue weighted by atomic mass is 10.1. The van der Waals surface area contributed by atoms with Crippen LogP contribution >= 0.6 is 23.2 Å². The maximum absolute atomic E-state index is 6.23. The lowest BCUT2D eigenvalue weighted by molar-refractivity contribution is 0.975. The summed E-state index contributed by atoms with van der Waals surface area (Å²) in [6.45, 7) is 2.14. The number of aryl methyl sites for hydroxylation is 1. The van der Waals surface area contributed by atoms with Crippen LogP contribution in [0.1, 0.15) is 18.3 Å². The smallest absolute Gasteiger partial charge is 0.129 e. The van der Waals surface area contributed by atoms with Gasteiger partial charge in [0.05, 0.1) is 16.4 Å². The fraction of sp³-hybridized carbons (Fsp3) is 0.188. The summed E-state index contributed by atoms with van der Waals surface area (Å²) in [5.41, 5.74) is 4.14. The van der Waals surface area contributed by atoms with Crippen molar-refractivity contribution >= 4 is 34.2 Å². The molecule has 0 spiro atoms. The van der Waals surface area contributed by atoms with E-state index in [1.165, 1.54) is 5.56 Å². The number of halogens is 2. The molecule has 102 valence electrons. The highest BCUT2D eigenvalue weighted by Crippen LogP contribution is 2.28. The number of rotatable bonds is 3. The number of hydrogen-bond donors (Lipinski definition) is 0. The lowest BCUT2D eigenvalue weighted by Crippen LogP contribution is -1.99. The van der Waals surface area contributed by atoms with Gasteiger partial charge < -0.3 is 0 Å². The summed E-state index contributed by atoms with van der Waals surface area (Å²) in [5, 5.41) is 0.652. The van der Waals surface area contributed by atoms with Crippen LogP contribution in [0.25, 0.3) is 16.7 Å². The van der Waals surface area contributed by atoms with Crippen molar-refractivity contribution in [3.63, 3.8) is 0 Å². The SMILES string of the molecule is CCc1cccc(-n2c(CCl)nc3c(Cl)cccc32)c1. The Labute approximate surface area is 128 Å². The van der Waals surface area contributed by atoms with Crippen LogP contribution in [-0.2, 0) is 12.3 Å². The van der Waals surface area contributed by atoms with Crippen molar-refractivity contribution in [2.24, 2.45) is 0 Å². The van der Waals surface area contributed by atoms with Crippen LogP contribution in [-0.4, -0.2) is 9.55 Å². The number of benzene rings is 2. The fourth-order valence-electron chi connectivity index (χ4n) is 2.41. The third-order valence-corrected chi connectivity index (χ3v) is 3.95. The number of fused-ring (bicyclic) bond motifs is 1. The fourth-order valence-corrected chi connectivity index (χ4v) is 2.80. The maximum Gasteiger partial charge on any atom is 0.129 e. The zero-order chi connectivity index (χ0) is 14.1. The van der Waals surface area contributed by atoms with E-state index in [0.717, 1.165) is 29.0 Å². The Hall–Kier alpha value is -1.51. The van der Waals surface area contributed by atoms with Gasteiger partial charge in [0.1, 0.15) is 11.3 Å². The molecule has 3 aromatic rings. The molecule has 0 fully saturated rings. The second-order valence-electron chi connectivity index (χ2n) is 4.63. The van der Waals surface area contributed by atoms with Gasteiger partial charge in [-0.05, 0) is 36.2 Å². The normalized spacial score (nSPS) is 11.2. The first-order valence-corrected chi connectivity index (χ1v) is 7.47. The standard InChI is InChI=1S/C16H14Cl2N2/c1-2-11-5-3-6-12(9-11)20-14-8-4-7-13(18)16(14)19-15(20)10-17/h3-9H,2,10H2,1H3. The van der Waals surface area contributed by atoms with Crippen LogP contribution in [0.5, 0.6) is 0 Å². The number of hydrogen-bond acceptors (Lipinski definition) is 1. The van der Waals surface area contributed by atoms with Crippen molar-refractivity contribution in [1.29, 1.82) is 0 Å². The van der Waals surface area contributed by atoms with Crippen LogP contribution in [0.4, 0.5) is 0 Å². The molecule has 0 saturated carbocycles. The minimum atomic E-state index is 0.349. The number of nitrogens with zero attached hydrogens (tertiary/aromatic N) is 2. The Bertz CT molecular complexity index is 762. The summed E-state index contributed by atoms with van der Waals surface area (Å²) in [6, 6.07) is 14.2. The van der Waals surface area contributed by atoms with Crippen molar-refractivity contribution in [2.75, 3.05) is 0 Å². The number of aromatic nitrogens is 2. The Morgan fingerprint density at radius 2 is 1.95 bits per heavy atom. The Morgan fingerprint density at radius 3 is 2.70 bits per heavy atom. The van der Waals surface area contributed by atoms with E-state index in [0.29, 0.717) is 10.9 Å². The monoisotopic (exact) mass is 304 g/mol. The van der Waals surface area contributed by atoms with Gasteiger partial charge in [-0.3, -0.25) is 4.57 Å². The molecule has 2 aromatic carbocycles. The topological polar surface area (TPSA) is 17.8 Å². The summed E-state index contributed by atoms with van der Waals surface area (Å²) in [7, 11) is 0. The quantitative estimate of drug-likeness (QED) is 0.624. The number of alkyl halides is 1. The predicted molar refractivity (Wildman–Crippen MR) is 85.0 cm³/mol. The molecule has 0 unspecified atom stereocenters. The molecule has 0 aliphatic carbocycles. The van der Waals surface area contributed by atoms with Crippen molar-refractivity contribution in [3.8, 4) is 5.69 Å². The van der Waals surface area contributed by atoms with Gasteiger partial charge in [-0.25, -0.2) is 4.98 Å². The van der Waals surface area contributed by atoms with Gasteiger partial charge in [0.2, 0.25) is 0 Å². The van der Waals surface area contributed by atoms with E-state index in [1.807, 2.05) is 18.2 Å². The van der Waals surface area contributed by atoms with Gasteiger partial charge in [0, 0.05) is 5.69 Å². The summed E-state index contributed by atoms with van der Waals surface area (Å²) < 4.78 is 2.08. The molecule has 3 rings (SSSR count). The predicted octanol–water partition coefficient (Wildman–Crippen LogP) is 4.98. The second kappa shape index (κ2) is 5.47. The molecule has 0 amide bonds. The number of imidazole rings is 1. The third-order valence-electron chi connectivity index (χ3n) is 3.40. The minimum absolute atomic E-state index is 0.349. The van der Waals surface area contributed by atoms with Gasteiger partial charge in [-0.2, -0.15) is 0 Å². The van der Waals surface area contributed by atoms with E-state index in [2.05, 4.69) is 40.7 Å². The van der Waals surface area contributed by atoms with Gasteiger partial charge in [0.15, 0.2) is 0 Å². The van der Waals surface area contributed by atoms with Crippen molar-refractivity contribution in [3.05, 3.63) is 58.9 Å². The van der Waals surface area contributed by atoms with E-state index < -0.39 is 0 Å². The van der Waals surface area contributed by atoms with Crippen molar-refractivity contribution < 1.29 is 0 Å². The minimum Gasteiger partial charge on any atom is -0.295 e. The highest BCUT2D eigenvalue weighted by atomic mass is 35.5. The number of para-hydroxylation sites is 1. The molecule has 0 saturated heterocycles. The highest BCUT2D eigenvalue weighted by molar-refractivity contribution is 6.35. The Morgan fingerprint density at radius 1 is 1.15 bits per heavy atom. The summed E-state index contributed by atoms with van der Waals surface area (Å²) in [5.74, 6) is 1.16. The molecule has 0 radical (unpaired) electrons. The first kappa shape index (κ1) is 13.5. The first-order valence-electron chi connectivity index (χ1n) is 6.55. The summed E-state index contributed by atoms with van der Waals surface area (Å²) in [6.07, 6.45) is 0.997. The summed E-state index contributed by atoms with van der Waals surface area (Å²) >= 11 is 12.3. The van der Waals surface area contributed by atoms with Crippen molar-refractivity contribution in [2.45, 2.75) is 19.2 Å². The van der Waals surface area contributed by atoms with Gasteiger partial charge >= 0.3 is 0 Å². The molecule has 0 aliphatic heterocycles. The average molecular weight is 305 g/mol. The highest BCUT2D eigenvalue weighted by Gasteiger charge is 2.13. The van der Waals surface area contributed by atoms with E-state index in [-0.39, 0.29) is 0 Å². The molecule has 0 bridgehead atoms. The second-order valence-corrected chi connectivity index (χ2v) is 5.30. The Kier molecular flexibility index (Phi) is 3.68. The maximum atomic E-state index is 6.23. The van der Waals surface area contributed by atoms with Crippen LogP contribution in [0.2, 0.25) is 5.02 Å². The van der Waals surface area contributed by atoms with Crippen LogP contribution in [0.15, 0.2) is 42.5 Å². The van der Waals surface area contributed by atoms with E-state index in [1.54, 1.807) is 0 Å². The zero-order valence-corrected chi connectivity index (χ0v) is 12.6. The van der Waals surface area contributed by atoms with Crippen LogP contribution in [0.3, 0.4) is 0 Å². The first-order chi connectivity index (χ1) is 9.74. The molecular weight excluding hydrogens is 291 g/mol. The molecule has 1 heterocycles. The van der Waals surface area contributed by atoms with Crippen molar-refractivity contribution in [1.82, 2.24) is 9.55 Å². The van der Waals surface area contributed by atoms with E-state index in [4.69, 9.17) is 23.2 Å². The molecule has 4 heteroatoms. The van der Waals surface area contributed by atoms with Gasteiger partial charge in [-0.1, -0.05) is 36.7 Å². The van der Waals surface area contributed by atoms with Crippen LogP contribution < -0.4 is 0 Å². The van der Waals surface area contributed by atoms with E-state index >= 15 is 0 Å². The molecular formula is C16H14Cl2N2. The zero-order valence-electron chi connectivity index (χ0n) is 11.1. The average Bonchev–Trinajstić information content (AvgIpc) is 2.87. The Balaban J connectivity index is 2.31. The molecule has 0 atom stereocenters. The van der Waals surface area contributed by atoms with Gasteiger partial charge in [0.25, 0.3) is 0 Å². The molecule has 0 N–H and O–H groups in total. The molecule has 2 nitrogen and oxygen atoms in total.